The molecule has 0 radical (unpaired) electrons. The Balaban J connectivity index is 1.84. The summed E-state index contributed by atoms with van der Waals surface area (Å²) in [6, 6.07) is 10.9. The molecule has 0 saturated carbocycles. The molecule has 1 aliphatic heterocycles. The van der Waals surface area contributed by atoms with Gasteiger partial charge in [-0.3, -0.25) is 9.69 Å². The number of carbonyl (C=O) groups excluding carboxylic acids is 1. The predicted molar refractivity (Wildman–Crippen MR) is 117 cm³/mol. The van der Waals surface area contributed by atoms with Gasteiger partial charge in [0.15, 0.2) is 5.78 Å². The van der Waals surface area contributed by atoms with E-state index in [-0.39, 0.29) is 17.1 Å². The number of rotatable bonds is 7. The summed E-state index contributed by atoms with van der Waals surface area (Å²) in [4.78, 5) is 15.1. The monoisotopic (exact) mass is 414 g/mol. The molecule has 1 heterocycles. The Morgan fingerprint density at radius 3 is 2.79 bits per heavy atom. The summed E-state index contributed by atoms with van der Waals surface area (Å²) in [6.45, 7) is 5.67. The Labute approximate surface area is 176 Å². The van der Waals surface area contributed by atoms with Crippen molar-refractivity contribution in [3.05, 3.63) is 64.2 Å². The van der Waals surface area contributed by atoms with E-state index >= 15 is 0 Å². The SMILES string of the molecule is CCC1CNCCN1Cc1cc(C(=O)/C=C/c2ccc(Cl)cc2)c(O)cc1OC. The van der Waals surface area contributed by atoms with Gasteiger partial charge in [0.2, 0.25) is 0 Å². The van der Waals surface area contributed by atoms with E-state index in [1.165, 1.54) is 12.1 Å². The fraction of sp³-hybridized carbons (Fsp3) is 0.348. The highest BCUT2D eigenvalue weighted by Crippen LogP contribution is 2.30. The molecule has 0 aromatic heterocycles. The van der Waals surface area contributed by atoms with Crippen LogP contribution < -0.4 is 10.1 Å². The molecule has 5 nitrogen and oxygen atoms in total. The van der Waals surface area contributed by atoms with E-state index in [2.05, 4.69) is 17.1 Å². The number of carbonyl (C=O) groups is 1. The minimum absolute atomic E-state index is 0.0799. The first kappa shape index (κ1) is 21.4. The van der Waals surface area contributed by atoms with Crippen molar-refractivity contribution in [2.75, 3.05) is 26.7 Å². The second kappa shape index (κ2) is 9.92. The molecule has 1 saturated heterocycles. The van der Waals surface area contributed by atoms with Gasteiger partial charge in [-0.15, -0.1) is 0 Å². The Hall–Kier alpha value is -2.34. The third-order valence-electron chi connectivity index (χ3n) is 5.28. The number of nitrogens with one attached hydrogen (secondary N) is 1. The molecule has 154 valence electrons. The minimum Gasteiger partial charge on any atom is -0.507 e. The third-order valence-corrected chi connectivity index (χ3v) is 5.53. The first-order chi connectivity index (χ1) is 14.0. The minimum atomic E-state index is -0.256. The molecule has 2 aromatic rings. The number of ketones is 1. The third kappa shape index (κ3) is 5.38. The molecule has 0 bridgehead atoms. The lowest BCUT2D eigenvalue weighted by molar-refractivity contribution is 0.104. The number of phenolic OH excluding ortho intramolecular Hbond substituents is 1. The summed E-state index contributed by atoms with van der Waals surface area (Å²) in [7, 11) is 1.58. The highest BCUT2D eigenvalue weighted by Gasteiger charge is 2.23. The van der Waals surface area contributed by atoms with Crippen molar-refractivity contribution in [3.8, 4) is 11.5 Å². The number of piperazine rings is 1. The van der Waals surface area contributed by atoms with Crippen molar-refractivity contribution in [1.82, 2.24) is 10.2 Å². The lowest BCUT2D eigenvalue weighted by Crippen LogP contribution is -2.50. The maximum Gasteiger partial charge on any atom is 0.189 e. The number of nitrogens with zero attached hydrogens (tertiary/aromatic N) is 1. The molecule has 1 atom stereocenters. The first-order valence-electron chi connectivity index (χ1n) is 9.84. The number of hydrogen-bond acceptors (Lipinski definition) is 5. The van der Waals surface area contributed by atoms with Crippen LogP contribution in [-0.4, -0.2) is 48.6 Å². The molecular weight excluding hydrogens is 388 g/mol. The van der Waals surface area contributed by atoms with Crippen LogP contribution in [0, 0.1) is 0 Å². The summed E-state index contributed by atoms with van der Waals surface area (Å²) >= 11 is 5.89. The van der Waals surface area contributed by atoms with Gasteiger partial charge in [-0.1, -0.05) is 36.7 Å². The number of aromatic hydroxyl groups is 1. The van der Waals surface area contributed by atoms with Gasteiger partial charge in [0.25, 0.3) is 0 Å². The Bertz CT molecular complexity index is 880. The maximum absolute atomic E-state index is 12.7. The average molecular weight is 415 g/mol. The molecule has 1 fully saturated rings. The summed E-state index contributed by atoms with van der Waals surface area (Å²) in [5.74, 6) is 0.256. The van der Waals surface area contributed by atoms with Crippen LogP contribution in [0.1, 0.15) is 34.8 Å². The largest absolute Gasteiger partial charge is 0.507 e. The van der Waals surface area contributed by atoms with Crippen LogP contribution >= 0.6 is 11.6 Å². The number of hydrogen-bond donors (Lipinski definition) is 2. The first-order valence-corrected chi connectivity index (χ1v) is 10.2. The van der Waals surface area contributed by atoms with Crippen LogP contribution in [0.4, 0.5) is 0 Å². The van der Waals surface area contributed by atoms with Crippen LogP contribution in [0.5, 0.6) is 11.5 Å². The number of allylic oxidation sites excluding steroid dienone is 1. The zero-order valence-corrected chi connectivity index (χ0v) is 17.6. The fourth-order valence-electron chi connectivity index (χ4n) is 3.59. The van der Waals surface area contributed by atoms with Crippen molar-refractivity contribution in [2.24, 2.45) is 0 Å². The van der Waals surface area contributed by atoms with Gasteiger partial charge in [-0.05, 0) is 36.3 Å². The lowest BCUT2D eigenvalue weighted by Gasteiger charge is -2.36. The van der Waals surface area contributed by atoms with Crippen LogP contribution in [0.3, 0.4) is 0 Å². The lowest BCUT2D eigenvalue weighted by atomic mass is 10.0. The van der Waals surface area contributed by atoms with E-state index in [1.54, 1.807) is 31.4 Å². The van der Waals surface area contributed by atoms with Gasteiger partial charge >= 0.3 is 0 Å². The van der Waals surface area contributed by atoms with Crippen molar-refractivity contribution in [1.29, 1.82) is 0 Å². The Morgan fingerprint density at radius 2 is 2.10 bits per heavy atom. The summed E-state index contributed by atoms with van der Waals surface area (Å²) in [6.07, 6.45) is 4.22. The summed E-state index contributed by atoms with van der Waals surface area (Å²) in [5.41, 5.74) is 2.03. The van der Waals surface area contributed by atoms with E-state index in [9.17, 15) is 9.90 Å². The van der Waals surface area contributed by atoms with Gasteiger partial charge in [-0.2, -0.15) is 0 Å². The highest BCUT2D eigenvalue weighted by atomic mass is 35.5. The van der Waals surface area contributed by atoms with Gasteiger partial charge in [0.05, 0.1) is 12.7 Å². The van der Waals surface area contributed by atoms with E-state index in [0.29, 0.717) is 23.4 Å². The van der Waals surface area contributed by atoms with Gasteiger partial charge < -0.3 is 15.2 Å². The molecule has 1 aliphatic rings. The Morgan fingerprint density at radius 1 is 1.34 bits per heavy atom. The standard InChI is InChI=1S/C23H27ClN2O3/c1-3-19-14-25-10-11-26(19)15-17-12-20(22(28)13-23(17)29-2)21(27)9-6-16-4-7-18(24)8-5-16/h4-9,12-13,19,25,28H,3,10-11,14-15H2,1-2H3/b9-6+. The second-order valence-corrected chi connectivity index (χ2v) is 7.60. The number of halogens is 1. The van der Waals surface area contributed by atoms with Crippen molar-refractivity contribution < 1.29 is 14.6 Å². The molecule has 0 spiro atoms. The molecule has 1 unspecified atom stereocenters. The molecule has 2 N–H and O–H groups in total. The van der Waals surface area contributed by atoms with Crippen LogP contribution in [0.15, 0.2) is 42.5 Å². The van der Waals surface area contributed by atoms with E-state index in [4.69, 9.17) is 16.3 Å². The van der Waals surface area contributed by atoms with Crippen molar-refractivity contribution >= 4 is 23.5 Å². The van der Waals surface area contributed by atoms with Crippen molar-refractivity contribution in [2.45, 2.75) is 25.9 Å². The average Bonchev–Trinajstić information content (AvgIpc) is 2.74. The zero-order chi connectivity index (χ0) is 20.8. The normalized spacial score (nSPS) is 17.6. The van der Waals surface area contributed by atoms with Crippen LogP contribution in [0.2, 0.25) is 5.02 Å². The smallest absolute Gasteiger partial charge is 0.189 e. The van der Waals surface area contributed by atoms with Crippen molar-refractivity contribution in [3.63, 3.8) is 0 Å². The predicted octanol–water partition coefficient (Wildman–Crippen LogP) is 4.13. The summed E-state index contributed by atoms with van der Waals surface area (Å²) < 4.78 is 5.47. The maximum atomic E-state index is 12.7. The zero-order valence-electron chi connectivity index (χ0n) is 16.8. The van der Waals surface area contributed by atoms with Gasteiger partial charge in [-0.25, -0.2) is 0 Å². The topological polar surface area (TPSA) is 61.8 Å². The summed E-state index contributed by atoms with van der Waals surface area (Å²) in [5, 5.41) is 14.4. The molecular formula is C23H27ClN2O3. The molecule has 2 aromatic carbocycles. The van der Waals surface area contributed by atoms with Gasteiger partial charge in [0, 0.05) is 48.9 Å². The van der Waals surface area contributed by atoms with Crippen LogP contribution in [0.25, 0.3) is 6.08 Å². The highest BCUT2D eigenvalue weighted by molar-refractivity contribution is 6.30. The van der Waals surface area contributed by atoms with E-state index in [0.717, 1.165) is 37.2 Å². The van der Waals surface area contributed by atoms with Gasteiger partial charge in [0.1, 0.15) is 11.5 Å². The molecule has 0 amide bonds. The molecule has 0 aliphatic carbocycles. The second-order valence-electron chi connectivity index (χ2n) is 7.17. The van der Waals surface area contributed by atoms with Crippen LogP contribution in [-0.2, 0) is 6.54 Å². The van der Waals surface area contributed by atoms with E-state index in [1.807, 2.05) is 12.1 Å². The number of benzene rings is 2. The Kier molecular flexibility index (Phi) is 7.31. The molecule has 29 heavy (non-hydrogen) atoms. The quantitative estimate of drug-likeness (QED) is 0.526. The molecule has 6 heteroatoms. The molecule has 3 rings (SSSR count). The van der Waals surface area contributed by atoms with E-state index < -0.39 is 0 Å². The number of phenols is 1. The number of methoxy groups -OCH3 is 1. The fourth-order valence-corrected chi connectivity index (χ4v) is 3.72. The number of ether oxygens (including phenoxy) is 1.